The van der Waals surface area contributed by atoms with Crippen molar-refractivity contribution in [1.82, 2.24) is 5.32 Å². The Kier molecular flexibility index (Phi) is 8.60. The SMILES string of the molecule is CC(N)P(=O)(O)CC(Cc1ccc(Br)cc1)C(=O)NC(C)(Cc1ccccc1)C(=O)O. The van der Waals surface area contributed by atoms with Crippen LogP contribution in [0.3, 0.4) is 0 Å². The van der Waals surface area contributed by atoms with Gasteiger partial charge in [-0.2, -0.15) is 0 Å². The molecule has 2 aromatic rings. The average molecular weight is 511 g/mol. The Morgan fingerprint density at radius 3 is 2.23 bits per heavy atom. The van der Waals surface area contributed by atoms with Gasteiger partial charge in [-0.15, -0.1) is 0 Å². The second-order valence-corrected chi connectivity index (χ2v) is 11.6. The minimum absolute atomic E-state index is 0.0734. The number of rotatable bonds is 10. The van der Waals surface area contributed by atoms with Gasteiger partial charge >= 0.3 is 5.97 Å². The smallest absolute Gasteiger partial charge is 0.329 e. The number of halogens is 1. The highest BCUT2D eigenvalue weighted by atomic mass is 79.9. The van der Waals surface area contributed by atoms with Crippen molar-refractivity contribution in [2.75, 3.05) is 6.16 Å². The molecule has 4 unspecified atom stereocenters. The largest absolute Gasteiger partial charge is 0.480 e. The van der Waals surface area contributed by atoms with E-state index in [1.807, 2.05) is 18.2 Å². The van der Waals surface area contributed by atoms with Gasteiger partial charge in [0.1, 0.15) is 5.54 Å². The zero-order valence-corrected chi connectivity index (χ0v) is 20.0. The molecule has 0 spiro atoms. The van der Waals surface area contributed by atoms with E-state index in [4.69, 9.17) is 5.73 Å². The molecular formula is C22H28BrN2O5P. The quantitative estimate of drug-likeness (QED) is 0.362. The minimum Gasteiger partial charge on any atom is -0.480 e. The van der Waals surface area contributed by atoms with E-state index in [9.17, 15) is 24.2 Å². The molecule has 0 radical (unpaired) electrons. The fourth-order valence-electron chi connectivity index (χ4n) is 3.18. The first-order chi connectivity index (χ1) is 14.4. The molecule has 0 aliphatic carbocycles. The number of hydrogen-bond acceptors (Lipinski definition) is 4. The number of benzene rings is 2. The Balaban J connectivity index is 2.29. The van der Waals surface area contributed by atoms with E-state index in [2.05, 4.69) is 21.2 Å². The maximum Gasteiger partial charge on any atom is 0.329 e. The van der Waals surface area contributed by atoms with Crippen LogP contribution in [0.25, 0.3) is 0 Å². The Morgan fingerprint density at radius 2 is 1.71 bits per heavy atom. The Labute approximate surface area is 190 Å². The fourth-order valence-corrected chi connectivity index (χ4v) is 4.70. The van der Waals surface area contributed by atoms with Gasteiger partial charge in [-0.25, -0.2) is 4.79 Å². The number of carbonyl (C=O) groups is 2. The molecule has 0 heterocycles. The zero-order valence-electron chi connectivity index (χ0n) is 17.5. The second-order valence-electron chi connectivity index (χ2n) is 8.00. The molecule has 2 rings (SSSR count). The number of carboxylic acids is 1. The monoisotopic (exact) mass is 510 g/mol. The third-order valence-corrected chi connectivity index (χ3v) is 7.92. The number of carboxylic acid groups (broad SMARTS) is 1. The van der Waals surface area contributed by atoms with Crippen LogP contribution in [0.2, 0.25) is 0 Å². The number of carbonyl (C=O) groups excluding carboxylic acids is 1. The van der Waals surface area contributed by atoms with Crippen LogP contribution in [0.1, 0.15) is 25.0 Å². The number of nitrogens with one attached hydrogen (secondary N) is 1. The topological polar surface area (TPSA) is 130 Å². The molecule has 0 saturated carbocycles. The van der Waals surface area contributed by atoms with E-state index < -0.39 is 36.5 Å². The van der Waals surface area contributed by atoms with Gasteiger partial charge in [0.15, 0.2) is 0 Å². The third kappa shape index (κ3) is 7.28. The predicted octanol–water partition coefficient (Wildman–Crippen LogP) is 3.39. The number of aliphatic carboxylic acids is 1. The second kappa shape index (κ2) is 10.6. The molecule has 0 aliphatic heterocycles. The van der Waals surface area contributed by atoms with Crippen molar-refractivity contribution in [3.63, 3.8) is 0 Å². The fraction of sp³-hybridized carbons (Fsp3) is 0.364. The maximum atomic E-state index is 13.2. The van der Waals surface area contributed by atoms with Gasteiger partial charge in [0.05, 0.1) is 11.7 Å². The van der Waals surface area contributed by atoms with E-state index in [0.29, 0.717) is 0 Å². The Hall–Kier alpha value is -1.99. The predicted molar refractivity (Wildman–Crippen MR) is 124 cm³/mol. The lowest BCUT2D eigenvalue weighted by atomic mass is 9.91. The third-order valence-electron chi connectivity index (χ3n) is 5.16. The van der Waals surface area contributed by atoms with E-state index >= 15 is 0 Å². The van der Waals surface area contributed by atoms with E-state index in [0.717, 1.165) is 15.6 Å². The Bertz CT molecular complexity index is 952. The van der Waals surface area contributed by atoms with Gasteiger partial charge in [-0.1, -0.05) is 58.4 Å². The van der Waals surface area contributed by atoms with Gasteiger partial charge in [-0.3, -0.25) is 9.36 Å². The summed E-state index contributed by atoms with van der Waals surface area (Å²) in [5.74, 6) is -3.70. The molecule has 4 atom stereocenters. The van der Waals surface area contributed by atoms with Crippen LogP contribution in [-0.2, 0) is 27.0 Å². The average Bonchev–Trinajstić information content (AvgIpc) is 2.69. The van der Waals surface area contributed by atoms with Gasteiger partial charge in [-0.05, 0) is 43.5 Å². The Morgan fingerprint density at radius 1 is 1.13 bits per heavy atom. The molecule has 168 valence electrons. The lowest BCUT2D eigenvalue weighted by molar-refractivity contribution is -0.147. The van der Waals surface area contributed by atoms with Crippen molar-refractivity contribution < 1.29 is 24.2 Å². The molecule has 0 bridgehead atoms. The van der Waals surface area contributed by atoms with Gasteiger partial charge in [0.25, 0.3) is 0 Å². The van der Waals surface area contributed by atoms with Crippen LogP contribution < -0.4 is 11.1 Å². The lowest BCUT2D eigenvalue weighted by Gasteiger charge is -2.30. The zero-order chi connectivity index (χ0) is 23.2. The van der Waals surface area contributed by atoms with Gasteiger partial charge < -0.3 is 21.1 Å². The molecule has 2 aromatic carbocycles. The molecule has 0 aromatic heterocycles. The summed E-state index contributed by atoms with van der Waals surface area (Å²) in [5, 5.41) is 12.4. The molecule has 0 fully saturated rings. The number of hydrogen-bond donors (Lipinski definition) is 4. The van der Waals surface area contributed by atoms with Crippen LogP contribution in [0.5, 0.6) is 0 Å². The minimum atomic E-state index is -3.82. The first-order valence-electron chi connectivity index (χ1n) is 9.84. The first kappa shape index (κ1) is 25.3. The van der Waals surface area contributed by atoms with Crippen LogP contribution >= 0.6 is 23.3 Å². The highest BCUT2D eigenvalue weighted by Crippen LogP contribution is 2.46. The van der Waals surface area contributed by atoms with Crippen LogP contribution in [-0.4, -0.2) is 39.4 Å². The van der Waals surface area contributed by atoms with Crippen LogP contribution in [0.4, 0.5) is 0 Å². The van der Waals surface area contributed by atoms with Crippen LogP contribution in [0, 0.1) is 5.92 Å². The van der Waals surface area contributed by atoms with Gasteiger partial charge in [0.2, 0.25) is 13.3 Å². The normalized spacial score (nSPS) is 17.1. The van der Waals surface area contributed by atoms with Crippen molar-refractivity contribution in [2.24, 2.45) is 11.7 Å². The summed E-state index contributed by atoms with van der Waals surface area (Å²) in [4.78, 5) is 35.5. The summed E-state index contributed by atoms with van der Waals surface area (Å²) in [7, 11) is -3.82. The summed E-state index contributed by atoms with van der Waals surface area (Å²) in [6.45, 7) is 2.85. The summed E-state index contributed by atoms with van der Waals surface area (Å²) < 4.78 is 13.5. The van der Waals surface area contributed by atoms with E-state index in [1.165, 1.54) is 13.8 Å². The van der Waals surface area contributed by atoms with Crippen molar-refractivity contribution in [3.8, 4) is 0 Å². The molecule has 1 amide bonds. The number of nitrogens with two attached hydrogens (primary N) is 1. The first-order valence-corrected chi connectivity index (χ1v) is 12.5. The lowest BCUT2D eigenvalue weighted by Crippen LogP contribution is -2.56. The molecule has 31 heavy (non-hydrogen) atoms. The summed E-state index contributed by atoms with van der Waals surface area (Å²) in [5.41, 5.74) is 5.62. The standard InChI is InChI=1S/C22H28BrN2O5P/c1-15(24)31(29,30)14-18(12-16-8-10-19(23)11-9-16)20(26)25-22(2,21(27)28)13-17-6-4-3-5-7-17/h3-11,15,18H,12-14,24H2,1-2H3,(H,25,26)(H,27,28)(H,29,30). The molecule has 0 saturated heterocycles. The van der Waals surface area contributed by atoms with Crippen LogP contribution in [0.15, 0.2) is 59.1 Å². The van der Waals surface area contributed by atoms with E-state index in [-0.39, 0.29) is 19.0 Å². The maximum absolute atomic E-state index is 13.2. The van der Waals surface area contributed by atoms with E-state index in [1.54, 1.807) is 36.4 Å². The molecule has 5 N–H and O–H groups in total. The summed E-state index contributed by atoms with van der Waals surface area (Å²) >= 11 is 3.35. The molecule has 9 heteroatoms. The highest BCUT2D eigenvalue weighted by Gasteiger charge is 2.39. The van der Waals surface area contributed by atoms with Crippen molar-refractivity contribution in [1.29, 1.82) is 0 Å². The number of amides is 1. The van der Waals surface area contributed by atoms with Crippen molar-refractivity contribution in [3.05, 3.63) is 70.2 Å². The van der Waals surface area contributed by atoms with Crippen molar-refractivity contribution >= 4 is 35.2 Å². The molecular weight excluding hydrogens is 483 g/mol. The van der Waals surface area contributed by atoms with Gasteiger partial charge in [0, 0.05) is 17.1 Å². The summed E-state index contributed by atoms with van der Waals surface area (Å²) in [6.07, 6.45) is -0.0883. The highest BCUT2D eigenvalue weighted by molar-refractivity contribution is 9.10. The molecule has 0 aliphatic rings. The van der Waals surface area contributed by atoms with Crippen molar-refractivity contribution in [2.45, 2.75) is 38.0 Å². The summed E-state index contributed by atoms with van der Waals surface area (Å²) in [6, 6.07) is 16.2. The molecule has 7 nitrogen and oxygen atoms in total.